The lowest BCUT2D eigenvalue weighted by atomic mass is 10.1. The Balaban J connectivity index is 2.11. The van der Waals surface area contributed by atoms with Gasteiger partial charge in [0, 0.05) is 5.69 Å². The Hall–Kier alpha value is -2.58. The number of thioether (sulfide) groups is 1. The van der Waals surface area contributed by atoms with Crippen molar-refractivity contribution in [1.29, 1.82) is 0 Å². The van der Waals surface area contributed by atoms with Crippen LogP contribution in [0.3, 0.4) is 0 Å². The van der Waals surface area contributed by atoms with Gasteiger partial charge in [0.2, 0.25) is 15.7 Å². The number of carbonyl (C=O) groups is 2. The summed E-state index contributed by atoms with van der Waals surface area (Å²) in [6.45, 7) is 2.12. The standard InChI is InChI=1S/C22H23NO5S2/c1-3-4-8-16-11-13-17(14-12-16)23-19(24)15-29-21(23)20(22(25)28-2)30(26,27)18-9-6-5-7-10-18/h5-7,9-14H,3-4,8,15H2,1-2H3. The van der Waals surface area contributed by atoms with Crippen molar-refractivity contribution >= 4 is 39.2 Å². The number of rotatable bonds is 7. The molecule has 1 aliphatic rings. The summed E-state index contributed by atoms with van der Waals surface area (Å²) in [5.74, 6) is -1.25. The molecule has 1 heterocycles. The van der Waals surface area contributed by atoms with Gasteiger partial charge in [0.15, 0.2) is 4.91 Å². The maximum absolute atomic E-state index is 13.3. The van der Waals surface area contributed by atoms with E-state index in [0.29, 0.717) is 5.69 Å². The molecule has 0 aliphatic carbocycles. The number of hydrogen-bond acceptors (Lipinski definition) is 6. The van der Waals surface area contributed by atoms with E-state index < -0.39 is 20.7 Å². The molecule has 0 aromatic heterocycles. The van der Waals surface area contributed by atoms with Gasteiger partial charge in [-0.3, -0.25) is 9.69 Å². The average molecular weight is 446 g/mol. The Morgan fingerprint density at radius 1 is 1.10 bits per heavy atom. The minimum absolute atomic E-state index is 0.0345. The van der Waals surface area contributed by atoms with Crippen LogP contribution in [-0.2, 0) is 30.6 Å². The second kappa shape index (κ2) is 9.49. The first-order valence-electron chi connectivity index (χ1n) is 9.57. The molecule has 0 spiro atoms. The van der Waals surface area contributed by atoms with Crippen LogP contribution >= 0.6 is 11.8 Å². The van der Waals surface area contributed by atoms with E-state index in [1.165, 1.54) is 17.0 Å². The van der Waals surface area contributed by atoms with Crippen molar-refractivity contribution in [2.45, 2.75) is 31.1 Å². The predicted molar refractivity (Wildman–Crippen MR) is 118 cm³/mol. The molecule has 2 aromatic rings. The molecule has 1 fully saturated rings. The second-order valence-electron chi connectivity index (χ2n) is 6.73. The van der Waals surface area contributed by atoms with E-state index >= 15 is 0 Å². The molecule has 0 atom stereocenters. The minimum atomic E-state index is -4.19. The van der Waals surface area contributed by atoms with Gasteiger partial charge in [0.1, 0.15) is 5.03 Å². The molecule has 0 unspecified atom stereocenters. The third kappa shape index (κ3) is 4.44. The van der Waals surface area contributed by atoms with E-state index in [-0.39, 0.29) is 21.6 Å². The number of carbonyl (C=O) groups excluding carboxylic acids is 2. The summed E-state index contributed by atoms with van der Waals surface area (Å²) in [5, 5.41) is 0.0667. The number of methoxy groups -OCH3 is 1. The van der Waals surface area contributed by atoms with Crippen LogP contribution in [0.15, 0.2) is 69.4 Å². The van der Waals surface area contributed by atoms with Crippen LogP contribution in [-0.4, -0.2) is 33.2 Å². The minimum Gasteiger partial charge on any atom is -0.465 e. The summed E-state index contributed by atoms with van der Waals surface area (Å²) in [6.07, 6.45) is 3.07. The van der Waals surface area contributed by atoms with Crippen molar-refractivity contribution in [3.63, 3.8) is 0 Å². The van der Waals surface area contributed by atoms with Crippen molar-refractivity contribution in [3.05, 3.63) is 70.1 Å². The van der Waals surface area contributed by atoms with Gasteiger partial charge in [-0.1, -0.05) is 55.4 Å². The Labute approximate surface area is 180 Å². The van der Waals surface area contributed by atoms with Crippen molar-refractivity contribution in [1.82, 2.24) is 0 Å². The quantitative estimate of drug-likeness (QED) is 0.475. The largest absolute Gasteiger partial charge is 0.465 e. The van der Waals surface area contributed by atoms with E-state index in [1.54, 1.807) is 30.3 Å². The van der Waals surface area contributed by atoms with E-state index in [4.69, 9.17) is 4.74 Å². The van der Waals surface area contributed by atoms with Gasteiger partial charge in [-0.15, -0.1) is 0 Å². The Morgan fingerprint density at radius 3 is 2.37 bits per heavy atom. The van der Waals surface area contributed by atoms with E-state index in [2.05, 4.69) is 6.92 Å². The fourth-order valence-corrected chi connectivity index (χ4v) is 5.94. The van der Waals surface area contributed by atoms with Gasteiger partial charge < -0.3 is 4.74 Å². The SMILES string of the molecule is CCCCc1ccc(N2C(=O)CSC2=C(C(=O)OC)S(=O)(=O)c2ccccc2)cc1. The molecular formula is C22H23NO5S2. The summed E-state index contributed by atoms with van der Waals surface area (Å²) >= 11 is 1.02. The first kappa shape index (κ1) is 22.1. The van der Waals surface area contributed by atoms with Gasteiger partial charge in [-0.25, -0.2) is 13.2 Å². The van der Waals surface area contributed by atoms with Crippen LogP contribution in [0.4, 0.5) is 5.69 Å². The average Bonchev–Trinajstić information content (AvgIpc) is 3.13. The van der Waals surface area contributed by atoms with Crippen molar-refractivity contribution in [2.24, 2.45) is 0 Å². The lowest BCUT2D eigenvalue weighted by molar-refractivity contribution is -0.135. The molecule has 1 aliphatic heterocycles. The van der Waals surface area contributed by atoms with Crippen LogP contribution in [0.2, 0.25) is 0 Å². The Kier molecular flexibility index (Phi) is 6.99. The Morgan fingerprint density at radius 2 is 1.77 bits per heavy atom. The Bertz CT molecular complexity index is 1060. The fourth-order valence-electron chi connectivity index (χ4n) is 3.12. The maximum atomic E-state index is 13.3. The third-order valence-electron chi connectivity index (χ3n) is 4.69. The molecule has 0 bridgehead atoms. The topological polar surface area (TPSA) is 80.8 Å². The zero-order valence-electron chi connectivity index (χ0n) is 16.8. The number of benzene rings is 2. The number of unbranched alkanes of at least 4 members (excludes halogenated alkanes) is 1. The van der Waals surface area contributed by atoms with Crippen LogP contribution in [0.5, 0.6) is 0 Å². The molecule has 1 amide bonds. The summed E-state index contributed by atoms with van der Waals surface area (Å²) in [6, 6.07) is 15.0. The van der Waals surface area contributed by atoms with Gasteiger partial charge >= 0.3 is 5.97 Å². The van der Waals surface area contributed by atoms with E-state index in [1.807, 2.05) is 12.1 Å². The first-order chi connectivity index (χ1) is 14.4. The fraction of sp³-hybridized carbons (Fsp3) is 0.273. The molecule has 30 heavy (non-hydrogen) atoms. The zero-order valence-corrected chi connectivity index (χ0v) is 18.5. The molecule has 2 aromatic carbocycles. The molecule has 0 N–H and O–H groups in total. The van der Waals surface area contributed by atoms with E-state index in [9.17, 15) is 18.0 Å². The summed E-state index contributed by atoms with van der Waals surface area (Å²) in [7, 11) is -3.07. The maximum Gasteiger partial charge on any atom is 0.352 e. The normalized spacial score (nSPS) is 15.9. The zero-order chi connectivity index (χ0) is 21.7. The number of esters is 1. The number of nitrogens with zero attached hydrogens (tertiary/aromatic N) is 1. The van der Waals surface area contributed by atoms with Crippen molar-refractivity contribution in [2.75, 3.05) is 17.8 Å². The second-order valence-corrected chi connectivity index (χ2v) is 9.58. The van der Waals surface area contributed by atoms with Gasteiger partial charge in [0.25, 0.3) is 0 Å². The number of ether oxygens (including phenoxy) is 1. The molecule has 8 heteroatoms. The van der Waals surface area contributed by atoms with Crippen molar-refractivity contribution in [3.8, 4) is 0 Å². The van der Waals surface area contributed by atoms with Crippen molar-refractivity contribution < 1.29 is 22.7 Å². The van der Waals surface area contributed by atoms with Crippen LogP contribution in [0.25, 0.3) is 0 Å². The lowest BCUT2D eigenvalue weighted by Crippen LogP contribution is -2.28. The number of amides is 1. The highest BCUT2D eigenvalue weighted by Gasteiger charge is 2.39. The number of aryl methyl sites for hydroxylation is 1. The smallest absolute Gasteiger partial charge is 0.352 e. The number of anilines is 1. The number of hydrogen-bond donors (Lipinski definition) is 0. The highest BCUT2D eigenvalue weighted by atomic mass is 32.2. The molecule has 3 rings (SSSR count). The summed E-state index contributed by atoms with van der Waals surface area (Å²) in [4.78, 5) is 25.9. The summed E-state index contributed by atoms with van der Waals surface area (Å²) < 4.78 is 31.3. The van der Waals surface area contributed by atoms with Crippen LogP contribution in [0.1, 0.15) is 25.3 Å². The van der Waals surface area contributed by atoms with Gasteiger partial charge in [-0.05, 0) is 42.7 Å². The monoisotopic (exact) mass is 445 g/mol. The molecular weight excluding hydrogens is 422 g/mol. The lowest BCUT2D eigenvalue weighted by Gasteiger charge is -2.20. The highest BCUT2D eigenvalue weighted by Crippen LogP contribution is 2.39. The molecule has 158 valence electrons. The van der Waals surface area contributed by atoms with Crippen LogP contribution in [0, 0.1) is 0 Å². The molecule has 0 saturated carbocycles. The molecule has 6 nitrogen and oxygen atoms in total. The predicted octanol–water partition coefficient (Wildman–Crippen LogP) is 3.93. The van der Waals surface area contributed by atoms with E-state index in [0.717, 1.165) is 43.7 Å². The van der Waals surface area contributed by atoms with Gasteiger partial charge in [0.05, 0.1) is 17.8 Å². The van der Waals surface area contributed by atoms with Crippen LogP contribution < -0.4 is 4.90 Å². The third-order valence-corrected chi connectivity index (χ3v) is 7.66. The summed E-state index contributed by atoms with van der Waals surface area (Å²) in [5.41, 5.74) is 1.65. The molecule has 1 saturated heterocycles. The molecule has 0 radical (unpaired) electrons. The van der Waals surface area contributed by atoms with Gasteiger partial charge in [-0.2, -0.15) is 0 Å². The number of sulfone groups is 1. The highest BCUT2D eigenvalue weighted by molar-refractivity contribution is 8.06. The first-order valence-corrected chi connectivity index (χ1v) is 12.0.